The van der Waals surface area contributed by atoms with Crippen molar-refractivity contribution in [2.24, 2.45) is 0 Å². The minimum absolute atomic E-state index is 0.421. The lowest BCUT2D eigenvalue weighted by molar-refractivity contribution is 0.108. The molecule has 0 amide bonds. The molecule has 0 aromatic rings. The van der Waals surface area contributed by atoms with Crippen LogP contribution in [0.2, 0.25) is 0 Å². The van der Waals surface area contributed by atoms with E-state index < -0.39 is 0 Å². The molecule has 0 rings (SSSR count). The van der Waals surface area contributed by atoms with Crippen LogP contribution in [0.1, 0.15) is 32.6 Å². The lowest BCUT2D eigenvalue weighted by atomic mass is 10.1. The summed E-state index contributed by atoms with van der Waals surface area (Å²) in [5.41, 5.74) is 0. The summed E-state index contributed by atoms with van der Waals surface area (Å²) in [6.07, 6.45) is 7.20. The molecule has 0 aliphatic carbocycles. The number of rotatable bonds is 6. The Morgan fingerprint density at radius 1 is 1.50 bits per heavy atom. The van der Waals surface area contributed by atoms with Crippen LogP contribution in [0.5, 0.6) is 0 Å². The van der Waals surface area contributed by atoms with Crippen molar-refractivity contribution < 1.29 is 4.74 Å². The van der Waals surface area contributed by atoms with E-state index in [2.05, 4.69) is 13.5 Å². The van der Waals surface area contributed by atoms with Crippen molar-refractivity contribution in [3.05, 3.63) is 12.7 Å². The van der Waals surface area contributed by atoms with E-state index in [1.54, 1.807) is 7.11 Å². The molecule has 0 bridgehead atoms. The molecule has 1 unspecified atom stereocenters. The molecule has 1 heteroatoms. The van der Waals surface area contributed by atoms with Crippen LogP contribution in [0.4, 0.5) is 0 Å². The summed E-state index contributed by atoms with van der Waals surface area (Å²) < 4.78 is 5.10. The van der Waals surface area contributed by atoms with Crippen molar-refractivity contribution in [1.82, 2.24) is 0 Å². The first kappa shape index (κ1) is 9.70. The summed E-state index contributed by atoms with van der Waals surface area (Å²) in [5, 5.41) is 0. The largest absolute Gasteiger partial charge is 0.382 e. The zero-order chi connectivity index (χ0) is 7.82. The molecule has 1 nitrogen and oxygen atoms in total. The lowest BCUT2D eigenvalue weighted by Crippen LogP contribution is -2.03. The van der Waals surface area contributed by atoms with Gasteiger partial charge in [0.15, 0.2) is 0 Å². The third-order valence-corrected chi connectivity index (χ3v) is 1.67. The van der Waals surface area contributed by atoms with Gasteiger partial charge in [-0.15, -0.1) is 6.58 Å². The second-order valence-corrected chi connectivity index (χ2v) is 2.62. The molecule has 0 spiro atoms. The fourth-order valence-corrected chi connectivity index (χ4v) is 0.838. The highest BCUT2D eigenvalue weighted by atomic mass is 16.5. The molecule has 0 aromatic carbocycles. The molecule has 1 atom stereocenters. The Kier molecular flexibility index (Phi) is 6.61. The Morgan fingerprint density at radius 3 is 2.70 bits per heavy atom. The van der Waals surface area contributed by atoms with Gasteiger partial charge in [-0.05, 0) is 26.2 Å². The van der Waals surface area contributed by atoms with E-state index in [1.165, 1.54) is 19.3 Å². The van der Waals surface area contributed by atoms with Gasteiger partial charge in [-0.2, -0.15) is 0 Å². The summed E-state index contributed by atoms with van der Waals surface area (Å²) >= 11 is 0. The second-order valence-electron chi connectivity index (χ2n) is 2.62. The Morgan fingerprint density at radius 2 is 2.20 bits per heavy atom. The smallest absolute Gasteiger partial charge is 0.0543 e. The molecule has 0 heterocycles. The molecule has 0 saturated heterocycles. The first-order valence-corrected chi connectivity index (χ1v) is 3.95. The van der Waals surface area contributed by atoms with Gasteiger partial charge in [-0.25, -0.2) is 0 Å². The van der Waals surface area contributed by atoms with Gasteiger partial charge in [0.1, 0.15) is 0 Å². The van der Waals surface area contributed by atoms with Crippen molar-refractivity contribution in [3.63, 3.8) is 0 Å². The van der Waals surface area contributed by atoms with E-state index in [1.807, 2.05) is 6.08 Å². The van der Waals surface area contributed by atoms with Gasteiger partial charge in [0.25, 0.3) is 0 Å². The highest BCUT2D eigenvalue weighted by Crippen LogP contribution is 2.05. The number of unbranched alkanes of at least 4 members (excludes halogenated alkanes) is 2. The summed E-state index contributed by atoms with van der Waals surface area (Å²) in [7, 11) is 1.76. The molecule has 60 valence electrons. The van der Waals surface area contributed by atoms with E-state index in [4.69, 9.17) is 4.74 Å². The molecule has 0 saturated carbocycles. The Balaban J connectivity index is 2.95. The highest BCUT2D eigenvalue weighted by Gasteiger charge is 1.96. The van der Waals surface area contributed by atoms with Crippen LogP contribution in [0.3, 0.4) is 0 Å². The van der Waals surface area contributed by atoms with E-state index in [9.17, 15) is 0 Å². The topological polar surface area (TPSA) is 9.23 Å². The molecular weight excluding hydrogens is 124 g/mol. The first-order valence-electron chi connectivity index (χ1n) is 3.95. The van der Waals surface area contributed by atoms with Gasteiger partial charge in [0.2, 0.25) is 0 Å². The van der Waals surface area contributed by atoms with Crippen LogP contribution in [0, 0.1) is 0 Å². The number of methoxy groups -OCH3 is 1. The van der Waals surface area contributed by atoms with Crippen molar-refractivity contribution in [2.75, 3.05) is 7.11 Å². The lowest BCUT2D eigenvalue weighted by Gasteiger charge is -2.07. The van der Waals surface area contributed by atoms with Crippen molar-refractivity contribution >= 4 is 0 Å². The zero-order valence-electron chi connectivity index (χ0n) is 7.10. The van der Waals surface area contributed by atoms with Gasteiger partial charge in [-0.3, -0.25) is 0 Å². The van der Waals surface area contributed by atoms with E-state index in [0.717, 1.165) is 6.42 Å². The van der Waals surface area contributed by atoms with E-state index >= 15 is 0 Å². The maximum Gasteiger partial charge on any atom is 0.0543 e. The minimum Gasteiger partial charge on any atom is -0.382 e. The molecule has 0 N–H and O–H groups in total. The molecule has 0 aliphatic rings. The summed E-state index contributed by atoms with van der Waals surface area (Å²) in [5.74, 6) is 0. The van der Waals surface area contributed by atoms with Crippen LogP contribution in [-0.2, 0) is 4.74 Å². The van der Waals surface area contributed by atoms with Gasteiger partial charge in [0, 0.05) is 7.11 Å². The van der Waals surface area contributed by atoms with Crippen molar-refractivity contribution in [3.8, 4) is 0 Å². The van der Waals surface area contributed by atoms with Gasteiger partial charge in [0.05, 0.1) is 6.10 Å². The zero-order valence-corrected chi connectivity index (χ0v) is 7.10. The number of ether oxygens (including phenoxy) is 1. The van der Waals surface area contributed by atoms with Crippen molar-refractivity contribution in [1.29, 1.82) is 0 Å². The summed E-state index contributed by atoms with van der Waals surface area (Å²) in [6, 6.07) is 0. The van der Waals surface area contributed by atoms with Crippen LogP contribution < -0.4 is 0 Å². The third-order valence-electron chi connectivity index (χ3n) is 1.67. The van der Waals surface area contributed by atoms with Crippen molar-refractivity contribution in [2.45, 2.75) is 38.7 Å². The normalized spacial score (nSPS) is 13.0. The average molecular weight is 142 g/mol. The maximum atomic E-state index is 5.10. The molecule has 0 fully saturated rings. The summed E-state index contributed by atoms with van der Waals surface area (Å²) in [6.45, 7) is 5.77. The molecule has 10 heavy (non-hydrogen) atoms. The monoisotopic (exact) mass is 142 g/mol. The fraction of sp³-hybridized carbons (Fsp3) is 0.778. The Bertz CT molecular complexity index is 78.8. The third kappa shape index (κ3) is 5.83. The molecular formula is C9H18O. The number of hydrogen-bond acceptors (Lipinski definition) is 1. The average Bonchev–Trinajstić information content (AvgIpc) is 1.98. The predicted molar refractivity (Wildman–Crippen MR) is 45.1 cm³/mol. The number of hydrogen-bond donors (Lipinski definition) is 0. The Hall–Kier alpha value is -0.300. The highest BCUT2D eigenvalue weighted by molar-refractivity contribution is 4.65. The van der Waals surface area contributed by atoms with E-state index in [0.29, 0.717) is 6.10 Å². The predicted octanol–water partition coefficient (Wildman–Crippen LogP) is 2.77. The van der Waals surface area contributed by atoms with Crippen LogP contribution >= 0.6 is 0 Å². The van der Waals surface area contributed by atoms with Crippen LogP contribution in [-0.4, -0.2) is 13.2 Å². The Labute approximate surface area is 64.1 Å². The second kappa shape index (κ2) is 6.81. The van der Waals surface area contributed by atoms with E-state index in [-0.39, 0.29) is 0 Å². The van der Waals surface area contributed by atoms with Gasteiger partial charge in [-0.1, -0.05) is 12.5 Å². The van der Waals surface area contributed by atoms with Gasteiger partial charge < -0.3 is 4.74 Å². The quantitative estimate of drug-likeness (QED) is 0.409. The minimum atomic E-state index is 0.421. The maximum absolute atomic E-state index is 5.10. The standard InChI is InChI=1S/C9H18O/c1-4-5-6-7-8-9(2)10-3/h4,9H,1,5-8H2,2-3H3. The SMILES string of the molecule is C=CCCCCC(C)OC. The number of allylic oxidation sites excluding steroid dienone is 1. The molecule has 0 aromatic heterocycles. The van der Waals surface area contributed by atoms with Crippen LogP contribution in [0.15, 0.2) is 12.7 Å². The summed E-state index contributed by atoms with van der Waals surface area (Å²) in [4.78, 5) is 0. The van der Waals surface area contributed by atoms with Crippen LogP contribution in [0.25, 0.3) is 0 Å². The molecule has 0 aliphatic heterocycles. The van der Waals surface area contributed by atoms with Gasteiger partial charge >= 0.3 is 0 Å². The molecule has 0 radical (unpaired) electrons. The fourth-order valence-electron chi connectivity index (χ4n) is 0.838. The first-order chi connectivity index (χ1) is 4.81.